The van der Waals surface area contributed by atoms with E-state index in [-0.39, 0.29) is 6.04 Å². The third kappa shape index (κ3) is 3.58. The molecule has 0 aliphatic heterocycles. The number of likely N-dealkylation sites (N-methyl/N-ethyl adjacent to an activating group) is 2. The van der Waals surface area contributed by atoms with E-state index in [9.17, 15) is 8.78 Å². The molecule has 0 aliphatic carbocycles. The molecule has 2 rings (SSSR count). The highest BCUT2D eigenvalue weighted by Gasteiger charge is 2.19. The molecule has 1 N–H and O–H groups in total. The first-order chi connectivity index (χ1) is 10.2. The van der Waals surface area contributed by atoms with Gasteiger partial charge in [0.2, 0.25) is 0 Å². The second-order valence-electron chi connectivity index (χ2n) is 4.86. The summed E-state index contributed by atoms with van der Waals surface area (Å²) in [5, 5.41) is 3.07. The Morgan fingerprint density at radius 1 is 1.05 bits per heavy atom. The summed E-state index contributed by atoms with van der Waals surface area (Å²) in [6.07, 6.45) is 0. The molecule has 0 fully saturated rings. The first-order valence-electron chi connectivity index (χ1n) is 7.08. The van der Waals surface area contributed by atoms with E-state index in [1.807, 2.05) is 37.3 Å². The maximum atomic E-state index is 14.0. The van der Waals surface area contributed by atoms with Crippen molar-refractivity contribution in [1.82, 2.24) is 5.32 Å². The molecule has 0 spiro atoms. The smallest absolute Gasteiger partial charge is 0.163 e. The Hall–Kier alpha value is -1.94. The van der Waals surface area contributed by atoms with Crippen LogP contribution in [0, 0.1) is 11.6 Å². The van der Waals surface area contributed by atoms with Gasteiger partial charge in [0, 0.05) is 24.3 Å². The number of benzene rings is 2. The summed E-state index contributed by atoms with van der Waals surface area (Å²) in [5.41, 5.74) is 1.42. The van der Waals surface area contributed by atoms with Crippen LogP contribution in [-0.2, 0) is 0 Å². The molecule has 0 aliphatic rings. The van der Waals surface area contributed by atoms with Gasteiger partial charge in [0.05, 0.1) is 6.04 Å². The summed E-state index contributed by atoms with van der Waals surface area (Å²) in [4.78, 5) is 2.13. The summed E-state index contributed by atoms with van der Waals surface area (Å²) >= 11 is 0. The lowest BCUT2D eigenvalue weighted by atomic mass is 10.0. The summed E-state index contributed by atoms with van der Waals surface area (Å²) in [6, 6.07) is 13.9. The molecule has 0 aromatic heterocycles. The van der Waals surface area contributed by atoms with Gasteiger partial charge in [-0.3, -0.25) is 0 Å². The van der Waals surface area contributed by atoms with Crippen molar-refractivity contribution in [1.29, 1.82) is 0 Å². The Morgan fingerprint density at radius 2 is 1.76 bits per heavy atom. The highest BCUT2D eigenvalue weighted by molar-refractivity contribution is 5.46. The van der Waals surface area contributed by atoms with E-state index < -0.39 is 11.6 Å². The number of anilines is 1. The molecular weight excluding hydrogens is 270 g/mol. The fourth-order valence-electron chi connectivity index (χ4n) is 2.41. The lowest BCUT2D eigenvalue weighted by Crippen LogP contribution is -2.34. The van der Waals surface area contributed by atoms with Crippen molar-refractivity contribution < 1.29 is 8.78 Å². The number of hydrogen-bond acceptors (Lipinski definition) is 2. The maximum Gasteiger partial charge on any atom is 0.163 e. The average molecular weight is 290 g/mol. The Balaban J connectivity index is 2.23. The van der Waals surface area contributed by atoms with Crippen LogP contribution in [0.15, 0.2) is 48.5 Å². The zero-order valence-corrected chi connectivity index (χ0v) is 12.3. The van der Waals surface area contributed by atoms with Crippen molar-refractivity contribution in [2.24, 2.45) is 0 Å². The number of para-hydroxylation sites is 1. The Labute approximate surface area is 124 Å². The quantitative estimate of drug-likeness (QED) is 0.871. The summed E-state index contributed by atoms with van der Waals surface area (Å²) in [7, 11) is 1.76. The molecule has 0 amide bonds. The SMILES string of the molecule is CCN(CC(NC)c1cccc(F)c1F)c1ccccc1. The lowest BCUT2D eigenvalue weighted by Gasteiger charge is -2.28. The number of halogens is 2. The topological polar surface area (TPSA) is 15.3 Å². The van der Waals surface area contributed by atoms with Gasteiger partial charge in [0.1, 0.15) is 0 Å². The van der Waals surface area contributed by atoms with Crippen molar-refractivity contribution in [3.8, 4) is 0 Å². The fourth-order valence-corrected chi connectivity index (χ4v) is 2.41. The van der Waals surface area contributed by atoms with Gasteiger partial charge in [-0.15, -0.1) is 0 Å². The van der Waals surface area contributed by atoms with Crippen LogP contribution in [0.5, 0.6) is 0 Å². The molecule has 0 bridgehead atoms. The number of nitrogens with one attached hydrogen (secondary N) is 1. The van der Waals surface area contributed by atoms with Gasteiger partial charge in [-0.25, -0.2) is 8.78 Å². The Morgan fingerprint density at radius 3 is 2.38 bits per heavy atom. The molecule has 2 aromatic rings. The zero-order valence-electron chi connectivity index (χ0n) is 12.3. The molecule has 21 heavy (non-hydrogen) atoms. The van der Waals surface area contributed by atoms with Crippen molar-refractivity contribution in [3.05, 3.63) is 65.7 Å². The summed E-state index contributed by atoms with van der Waals surface area (Å²) in [5.74, 6) is -1.59. The van der Waals surface area contributed by atoms with Crippen LogP contribution in [0.4, 0.5) is 14.5 Å². The monoisotopic (exact) mass is 290 g/mol. The third-order valence-corrected chi connectivity index (χ3v) is 3.61. The van der Waals surface area contributed by atoms with Crippen LogP contribution in [-0.4, -0.2) is 20.1 Å². The minimum atomic E-state index is -0.810. The van der Waals surface area contributed by atoms with E-state index in [1.165, 1.54) is 6.07 Å². The number of hydrogen-bond donors (Lipinski definition) is 1. The van der Waals surface area contributed by atoms with Crippen molar-refractivity contribution >= 4 is 5.69 Å². The molecule has 4 heteroatoms. The standard InChI is InChI=1S/C17H20F2N2/c1-3-21(13-8-5-4-6-9-13)12-16(20-2)14-10-7-11-15(18)17(14)19/h4-11,16,20H,3,12H2,1-2H3. The minimum Gasteiger partial charge on any atom is -0.370 e. The largest absolute Gasteiger partial charge is 0.370 e. The maximum absolute atomic E-state index is 14.0. The van der Waals surface area contributed by atoms with Gasteiger partial charge in [-0.1, -0.05) is 30.3 Å². The molecule has 2 aromatic carbocycles. The van der Waals surface area contributed by atoms with E-state index in [4.69, 9.17) is 0 Å². The van der Waals surface area contributed by atoms with E-state index in [0.29, 0.717) is 12.1 Å². The predicted octanol–water partition coefficient (Wildman–Crippen LogP) is 3.75. The van der Waals surface area contributed by atoms with Crippen LogP contribution in [0.25, 0.3) is 0 Å². The lowest BCUT2D eigenvalue weighted by molar-refractivity contribution is 0.472. The first kappa shape index (κ1) is 15.4. The van der Waals surface area contributed by atoms with E-state index in [2.05, 4.69) is 10.2 Å². The molecular formula is C17H20F2N2. The Bertz CT molecular complexity index is 572. The highest BCUT2D eigenvalue weighted by atomic mass is 19.2. The van der Waals surface area contributed by atoms with Gasteiger partial charge < -0.3 is 10.2 Å². The summed E-state index contributed by atoms with van der Waals surface area (Å²) in [6.45, 7) is 3.40. The molecule has 0 radical (unpaired) electrons. The third-order valence-electron chi connectivity index (χ3n) is 3.61. The number of nitrogens with zero attached hydrogens (tertiary/aromatic N) is 1. The fraction of sp³-hybridized carbons (Fsp3) is 0.294. The average Bonchev–Trinajstić information content (AvgIpc) is 2.53. The predicted molar refractivity (Wildman–Crippen MR) is 82.5 cm³/mol. The number of rotatable bonds is 6. The van der Waals surface area contributed by atoms with Gasteiger partial charge >= 0.3 is 0 Å². The normalized spacial score (nSPS) is 12.2. The van der Waals surface area contributed by atoms with Gasteiger partial charge in [-0.05, 0) is 32.2 Å². The molecule has 1 atom stereocenters. The highest BCUT2D eigenvalue weighted by Crippen LogP contribution is 2.22. The first-order valence-corrected chi connectivity index (χ1v) is 7.08. The Kier molecular flexibility index (Phi) is 5.28. The molecule has 2 nitrogen and oxygen atoms in total. The molecule has 0 saturated heterocycles. The van der Waals surface area contributed by atoms with Crippen LogP contribution < -0.4 is 10.2 Å². The van der Waals surface area contributed by atoms with Crippen molar-refractivity contribution in [2.45, 2.75) is 13.0 Å². The van der Waals surface area contributed by atoms with Crippen LogP contribution in [0.2, 0.25) is 0 Å². The molecule has 112 valence electrons. The second-order valence-corrected chi connectivity index (χ2v) is 4.86. The molecule has 0 heterocycles. The van der Waals surface area contributed by atoms with Crippen molar-refractivity contribution in [3.63, 3.8) is 0 Å². The van der Waals surface area contributed by atoms with E-state index >= 15 is 0 Å². The van der Waals surface area contributed by atoms with E-state index in [0.717, 1.165) is 18.3 Å². The van der Waals surface area contributed by atoms with Crippen molar-refractivity contribution in [2.75, 3.05) is 25.0 Å². The minimum absolute atomic E-state index is 0.277. The zero-order chi connectivity index (χ0) is 15.2. The van der Waals surface area contributed by atoms with Crippen LogP contribution in [0.1, 0.15) is 18.5 Å². The van der Waals surface area contributed by atoms with E-state index in [1.54, 1.807) is 13.1 Å². The summed E-state index contributed by atoms with van der Waals surface area (Å²) < 4.78 is 27.4. The van der Waals surface area contributed by atoms with Crippen LogP contribution >= 0.6 is 0 Å². The van der Waals surface area contributed by atoms with Crippen LogP contribution in [0.3, 0.4) is 0 Å². The van der Waals surface area contributed by atoms with Gasteiger partial charge in [0.15, 0.2) is 11.6 Å². The molecule has 1 unspecified atom stereocenters. The molecule has 0 saturated carbocycles. The van der Waals surface area contributed by atoms with Gasteiger partial charge in [0.25, 0.3) is 0 Å². The van der Waals surface area contributed by atoms with Gasteiger partial charge in [-0.2, -0.15) is 0 Å². The second kappa shape index (κ2) is 7.18.